The molecular formula is C15H17N3. The Bertz CT molecular complexity index is 612. The van der Waals surface area contributed by atoms with Gasteiger partial charge in [0.25, 0.3) is 0 Å². The first-order valence-corrected chi connectivity index (χ1v) is 6.02. The van der Waals surface area contributed by atoms with E-state index in [1.54, 1.807) is 6.20 Å². The van der Waals surface area contributed by atoms with Crippen LogP contribution in [-0.2, 0) is 0 Å². The average molecular weight is 239 g/mol. The van der Waals surface area contributed by atoms with Crippen LogP contribution in [0.4, 0.5) is 0 Å². The van der Waals surface area contributed by atoms with Crippen LogP contribution in [0.2, 0.25) is 0 Å². The molecule has 0 N–H and O–H groups in total. The Hall–Kier alpha value is -2.03. The summed E-state index contributed by atoms with van der Waals surface area (Å²) in [7, 11) is 0. The normalized spacial score (nSPS) is 12.1. The Morgan fingerprint density at radius 1 is 1.39 bits per heavy atom. The van der Waals surface area contributed by atoms with Gasteiger partial charge in [0.05, 0.1) is 5.52 Å². The molecule has 0 amide bonds. The van der Waals surface area contributed by atoms with Crippen molar-refractivity contribution in [2.24, 2.45) is 4.99 Å². The molecule has 0 aliphatic rings. The molecule has 1 heterocycles. The molecule has 1 aromatic carbocycles. The monoisotopic (exact) mass is 239 g/mol. The smallest absolute Gasteiger partial charge is 0.156 e. The highest BCUT2D eigenvalue weighted by Gasteiger charge is 2.07. The maximum absolute atomic E-state index is 4.57. The van der Waals surface area contributed by atoms with E-state index in [9.17, 15) is 0 Å². The van der Waals surface area contributed by atoms with Crippen molar-refractivity contribution in [3.05, 3.63) is 42.0 Å². The molecule has 0 saturated carbocycles. The van der Waals surface area contributed by atoms with Gasteiger partial charge in [-0.3, -0.25) is 4.99 Å². The first kappa shape index (κ1) is 12.4. The van der Waals surface area contributed by atoms with Gasteiger partial charge in [0.2, 0.25) is 0 Å². The van der Waals surface area contributed by atoms with Crippen LogP contribution in [-0.4, -0.2) is 16.7 Å². The van der Waals surface area contributed by atoms with Crippen molar-refractivity contribution in [2.45, 2.75) is 26.7 Å². The van der Waals surface area contributed by atoms with Crippen molar-refractivity contribution in [1.82, 2.24) is 9.97 Å². The lowest BCUT2D eigenvalue weighted by Crippen LogP contribution is -1.96. The second kappa shape index (κ2) is 5.08. The summed E-state index contributed by atoms with van der Waals surface area (Å²) >= 11 is 0. The first-order valence-electron chi connectivity index (χ1n) is 6.02. The molecule has 0 aliphatic heterocycles. The second-order valence-corrected chi connectivity index (χ2v) is 4.62. The fraction of sp³-hybridized carbons (Fsp3) is 0.267. The number of aliphatic imine (C=N–C) groups is 1. The predicted molar refractivity (Wildman–Crippen MR) is 76.8 cm³/mol. The fourth-order valence-electron chi connectivity index (χ4n) is 1.97. The van der Waals surface area contributed by atoms with Crippen LogP contribution in [0.15, 0.2) is 35.6 Å². The average Bonchev–Trinajstić information content (AvgIpc) is 2.37. The minimum absolute atomic E-state index is 0.467. The lowest BCUT2D eigenvalue weighted by molar-refractivity contribution is 0.874. The molecule has 0 unspecified atom stereocenters. The molecule has 2 aromatic rings. The van der Waals surface area contributed by atoms with Gasteiger partial charge in [0, 0.05) is 23.4 Å². The minimum Gasteiger partial charge on any atom is -0.272 e. The topological polar surface area (TPSA) is 38.1 Å². The Labute approximate surface area is 107 Å². The molecule has 92 valence electrons. The fourth-order valence-corrected chi connectivity index (χ4v) is 1.97. The third-order valence-electron chi connectivity index (χ3n) is 2.92. The van der Waals surface area contributed by atoms with Gasteiger partial charge in [-0.2, -0.15) is 0 Å². The van der Waals surface area contributed by atoms with Gasteiger partial charge in [0.1, 0.15) is 0 Å². The summed E-state index contributed by atoms with van der Waals surface area (Å²) in [6.45, 7) is 9.73. The van der Waals surface area contributed by atoms with E-state index >= 15 is 0 Å². The summed E-state index contributed by atoms with van der Waals surface area (Å²) in [6, 6.07) is 6.18. The molecule has 0 radical (unpaired) electrons. The van der Waals surface area contributed by atoms with Gasteiger partial charge in [-0.25, -0.2) is 9.97 Å². The van der Waals surface area contributed by atoms with Crippen molar-refractivity contribution in [3.8, 4) is 0 Å². The zero-order valence-electron chi connectivity index (χ0n) is 11.0. The van der Waals surface area contributed by atoms with Gasteiger partial charge >= 0.3 is 0 Å². The standard InChI is InChI=1S/C15H17N3/c1-10(2)12-6-5-7-14-13(12)9-17-15(18-14)11(3)8-16-4/h5-10H,4H2,1-3H3/b11-8+. The van der Waals surface area contributed by atoms with Crippen LogP contribution < -0.4 is 0 Å². The number of aromatic nitrogens is 2. The molecule has 1 aromatic heterocycles. The zero-order chi connectivity index (χ0) is 13.1. The summed E-state index contributed by atoms with van der Waals surface area (Å²) in [5, 5.41) is 1.12. The number of benzene rings is 1. The number of nitrogens with zero attached hydrogens (tertiary/aromatic N) is 3. The SMILES string of the molecule is C=N/C=C(\C)c1ncc2c(C(C)C)cccc2n1. The van der Waals surface area contributed by atoms with Gasteiger partial charge in [-0.1, -0.05) is 26.0 Å². The van der Waals surface area contributed by atoms with Crippen molar-refractivity contribution in [1.29, 1.82) is 0 Å². The summed E-state index contributed by atoms with van der Waals surface area (Å²) in [5.41, 5.74) is 3.17. The van der Waals surface area contributed by atoms with Crippen LogP contribution in [0.5, 0.6) is 0 Å². The van der Waals surface area contributed by atoms with Gasteiger partial charge in [-0.15, -0.1) is 0 Å². The number of hydrogen-bond acceptors (Lipinski definition) is 3. The molecule has 2 rings (SSSR count). The number of allylic oxidation sites excluding steroid dienone is 1. The molecule has 3 nitrogen and oxygen atoms in total. The highest BCUT2D eigenvalue weighted by molar-refractivity contribution is 5.83. The number of hydrogen-bond donors (Lipinski definition) is 0. The zero-order valence-corrected chi connectivity index (χ0v) is 11.0. The summed E-state index contributed by atoms with van der Waals surface area (Å²) < 4.78 is 0. The van der Waals surface area contributed by atoms with E-state index in [0.717, 1.165) is 16.5 Å². The summed E-state index contributed by atoms with van der Waals surface area (Å²) in [4.78, 5) is 12.7. The van der Waals surface area contributed by atoms with Crippen LogP contribution in [0.25, 0.3) is 16.5 Å². The maximum Gasteiger partial charge on any atom is 0.156 e. The lowest BCUT2D eigenvalue weighted by Gasteiger charge is -2.09. The molecular weight excluding hydrogens is 222 g/mol. The van der Waals surface area contributed by atoms with Crippen LogP contribution >= 0.6 is 0 Å². The lowest BCUT2D eigenvalue weighted by atomic mass is 9.99. The molecule has 0 fully saturated rings. The molecule has 3 heteroatoms. The van der Waals surface area contributed by atoms with E-state index in [1.807, 2.05) is 25.3 Å². The Morgan fingerprint density at radius 2 is 2.17 bits per heavy atom. The second-order valence-electron chi connectivity index (χ2n) is 4.62. The van der Waals surface area contributed by atoms with Gasteiger partial charge < -0.3 is 0 Å². The molecule has 0 aliphatic carbocycles. The van der Waals surface area contributed by atoms with Crippen molar-refractivity contribution >= 4 is 23.2 Å². The van der Waals surface area contributed by atoms with Crippen molar-refractivity contribution in [3.63, 3.8) is 0 Å². The first-order chi connectivity index (χ1) is 8.63. The van der Waals surface area contributed by atoms with Gasteiger partial charge in [-0.05, 0) is 31.2 Å². The third kappa shape index (κ3) is 2.30. The van der Waals surface area contributed by atoms with Crippen LogP contribution in [0.3, 0.4) is 0 Å². The Balaban J connectivity index is 2.60. The van der Waals surface area contributed by atoms with E-state index in [0.29, 0.717) is 11.7 Å². The van der Waals surface area contributed by atoms with Crippen LogP contribution in [0, 0.1) is 0 Å². The largest absolute Gasteiger partial charge is 0.272 e. The third-order valence-corrected chi connectivity index (χ3v) is 2.92. The van der Waals surface area contributed by atoms with E-state index in [1.165, 1.54) is 5.56 Å². The number of rotatable bonds is 3. The summed E-state index contributed by atoms with van der Waals surface area (Å²) in [5.74, 6) is 1.17. The number of fused-ring (bicyclic) bond motifs is 1. The maximum atomic E-state index is 4.57. The summed E-state index contributed by atoms with van der Waals surface area (Å²) in [6.07, 6.45) is 3.57. The van der Waals surface area contributed by atoms with Crippen molar-refractivity contribution < 1.29 is 0 Å². The molecule has 18 heavy (non-hydrogen) atoms. The predicted octanol–water partition coefficient (Wildman–Crippen LogP) is 3.81. The highest BCUT2D eigenvalue weighted by Crippen LogP contribution is 2.24. The van der Waals surface area contributed by atoms with Crippen molar-refractivity contribution in [2.75, 3.05) is 0 Å². The molecule has 0 saturated heterocycles. The van der Waals surface area contributed by atoms with E-state index in [2.05, 4.69) is 41.6 Å². The van der Waals surface area contributed by atoms with E-state index in [-0.39, 0.29) is 0 Å². The Morgan fingerprint density at radius 3 is 2.83 bits per heavy atom. The van der Waals surface area contributed by atoms with E-state index < -0.39 is 0 Å². The molecule has 0 bridgehead atoms. The highest BCUT2D eigenvalue weighted by atomic mass is 14.9. The quantitative estimate of drug-likeness (QED) is 0.764. The molecule has 0 atom stereocenters. The van der Waals surface area contributed by atoms with Crippen LogP contribution in [0.1, 0.15) is 38.1 Å². The van der Waals surface area contributed by atoms with Gasteiger partial charge in [0.15, 0.2) is 5.82 Å². The Kier molecular flexibility index (Phi) is 3.51. The van der Waals surface area contributed by atoms with E-state index in [4.69, 9.17) is 0 Å². The minimum atomic E-state index is 0.467. The molecule has 0 spiro atoms.